The molecule has 1 aromatic rings. The summed E-state index contributed by atoms with van der Waals surface area (Å²) in [6, 6.07) is 7.64. The number of carbonyl (C=O) groups excluding carboxylic acids is 2. The van der Waals surface area contributed by atoms with E-state index in [1.54, 1.807) is 24.3 Å². The fraction of sp³-hybridized carbons (Fsp3) is 0.524. The van der Waals surface area contributed by atoms with Crippen LogP contribution in [0, 0.1) is 5.41 Å². The molecular weight excluding hydrogens is 312 g/mol. The Kier molecular flexibility index (Phi) is 5.71. The Morgan fingerprint density at radius 3 is 2.20 bits per heavy atom. The van der Waals surface area contributed by atoms with Crippen molar-refractivity contribution in [3.05, 3.63) is 41.5 Å². The molecule has 1 aromatic carbocycles. The van der Waals surface area contributed by atoms with Crippen molar-refractivity contribution in [2.24, 2.45) is 5.41 Å². The van der Waals surface area contributed by atoms with Crippen molar-refractivity contribution < 1.29 is 9.59 Å². The van der Waals surface area contributed by atoms with Crippen LogP contribution in [0.4, 0.5) is 0 Å². The van der Waals surface area contributed by atoms with Crippen molar-refractivity contribution in [1.29, 1.82) is 0 Å². The van der Waals surface area contributed by atoms with Crippen molar-refractivity contribution in [2.75, 3.05) is 0 Å². The monoisotopic (exact) mass is 342 g/mol. The number of carbonyl (C=O) groups is 2. The standard InChI is InChI=1S/C21H30N2O2/c1-20(2,3)14-21(4,5)23-18(24)13-8-15-6-9-16(10-7-15)19(25)22-17-11-12-17/h6-10,13,17H,11-12,14H2,1-5H3,(H,22,25)(H,23,24)/b13-8+. The second-order valence-electron chi connectivity index (χ2n) is 8.81. The predicted molar refractivity (Wildman–Crippen MR) is 102 cm³/mol. The summed E-state index contributed by atoms with van der Waals surface area (Å²) < 4.78 is 0. The minimum atomic E-state index is -0.259. The van der Waals surface area contributed by atoms with Crippen LogP contribution in [0.15, 0.2) is 30.3 Å². The van der Waals surface area contributed by atoms with Crippen molar-refractivity contribution >= 4 is 17.9 Å². The van der Waals surface area contributed by atoms with E-state index in [-0.39, 0.29) is 22.8 Å². The molecular formula is C21H30N2O2. The smallest absolute Gasteiger partial charge is 0.251 e. The summed E-state index contributed by atoms with van der Waals surface area (Å²) in [7, 11) is 0. The Morgan fingerprint density at radius 1 is 1.08 bits per heavy atom. The molecule has 0 unspecified atom stereocenters. The van der Waals surface area contributed by atoms with Crippen LogP contribution in [-0.4, -0.2) is 23.4 Å². The molecule has 1 fully saturated rings. The van der Waals surface area contributed by atoms with E-state index in [0.29, 0.717) is 11.6 Å². The zero-order chi connectivity index (χ0) is 18.7. The summed E-state index contributed by atoms with van der Waals surface area (Å²) >= 11 is 0. The SMILES string of the molecule is CC(C)(C)CC(C)(C)NC(=O)/C=C/c1ccc(C(=O)NC2CC2)cc1. The summed E-state index contributed by atoms with van der Waals surface area (Å²) in [6.45, 7) is 10.6. The number of rotatable bonds is 6. The van der Waals surface area contributed by atoms with E-state index in [4.69, 9.17) is 0 Å². The molecule has 0 atom stereocenters. The van der Waals surface area contributed by atoms with Gasteiger partial charge in [0.1, 0.15) is 0 Å². The fourth-order valence-corrected chi connectivity index (χ4v) is 3.16. The average Bonchev–Trinajstić information content (AvgIpc) is 3.26. The minimum Gasteiger partial charge on any atom is -0.349 e. The third-order valence-electron chi connectivity index (χ3n) is 3.95. The molecule has 0 bridgehead atoms. The van der Waals surface area contributed by atoms with Crippen LogP contribution in [-0.2, 0) is 4.79 Å². The molecule has 136 valence electrons. The lowest BCUT2D eigenvalue weighted by Gasteiger charge is -2.32. The topological polar surface area (TPSA) is 58.2 Å². The molecule has 25 heavy (non-hydrogen) atoms. The van der Waals surface area contributed by atoms with E-state index < -0.39 is 0 Å². The normalized spacial score (nSPS) is 15.2. The quantitative estimate of drug-likeness (QED) is 0.770. The Hall–Kier alpha value is -2.10. The lowest BCUT2D eigenvalue weighted by atomic mass is 9.82. The summed E-state index contributed by atoms with van der Waals surface area (Å²) in [5.74, 6) is -0.135. The Labute approximate surface area is 151 Å². The van der Waals surface area contributed by atoms with Crippen molar-refractivity contribution in [3.63, 3.8) is 0 Å². The van der Waals surface area contributed by atoms with Gasteiger partial charge in [0, 0.05) is 23.2 Å². The molecule has 0 spiro atoms. The number of amides is 2. The average molecular weight is 342 g/mol. The highest BCUT2D eigenvalue weighted by Gasteiger charge is 2.26. The second-order valence-corrected chi connectivity index (χ2v) is 8.81. The molecule has 2 amide bonds. The van der Waals surface area contributed by atoms with Gasteiger partial charge >= 0.3 is 0 Å². The largest absolute Gasteiger partial charge is 0.349 e. The molecule has 4 heteroatoms. The molecule has 1 saturated carbocycles. The third-order valence-corrected chi connectivity index (χ3v) is 3.95. The van der Waals surface area contributed by atoms with Gasteiger partial charge in [0.15, 0.2) is 0 Å². The van der Waals surface area contributed by atoms with Gasteiger partial charge in [-0.05, 0) is 62.3 Å². The molecule has 0 radical (unpaired) electrons. The molecule has 2 N–H and O–H groups in total. The number of benzene rings is 1. The maximum Gasteiger partial charge on any atom is 0.251 e. The van der Waals surface area contributed by atoms with Gasteiger partial charge in [0.2, 0.25) is 5.91 Å². The summed E-state index contributed by atoms with van der Waals surface area (Å²) in [5.41, 5.74) is 1.44. The van der Waals surface area contributed by atoms with Crippen LogP contribution in [0.5, 0.6) is 0 Å². The van der Waals surface area contributed by atoms with E-state index in [1.165, 1.54) is 0 Å². The lowest BCUT2D eigenvalue weighted by Crippen LogP contribution is -2.45. The fourth-order valence-electron chi connectivity index (χ4n) is 3.16. The highest BCUT2D eigenvalue weighted by molar-refractivity contribution is 5.95. The summed E-state index contributed by atoms with van der Waals surface area (Å²) in [4.78, 5) is 24.1. The zero-order valence-corrected chi connectivity index (χ0v) is 16.0. The maximum atomic E-state index is 12.2. The van der Waals surface area contributed by atoms with Crippen LogP contribution in [0.3, 0.4) is 0 Å². The third kappa shape index (κ3) is 7.12. The van der Waals surface area contributed by atoms with Gasteiger partial charge in [0.05, 0.1) is 0 Å². The minimum absolute atomic E-state index is 0.0281. The summed E-state index contributed by atoms with van der Waals surface area (Å²) in [6.07, 6.45) is 6.36. The highest BCUT2D eigenvalue weighted by atomic mass is 16.2. The highest BCUT2D eigenvalue weighted by Crippen LogP contribution is 2.26. The van der Waals surface area contributed by atoms with Gasteiger partial charge in [0.25, 0.3) is 5.91 Å². The second kappa shape index (κ2) is 7.42. The van der Waals surface area contributed by atoms with E-state index in [9.17, 15) is 9.59 Å². The Morgan fingerprint density at radius 2 is 1.68 bits per heavy atom. The molecule has 2 rings (SSSR count). The maximum absolute atomic E-state index is 12.2. The van der Waals surface area contributed by atoms with Gasteiger partial charge in [-0.15, -0.1) is 0 Å². The molecule has 0 heterocycles. The van der Waals surface area contributed by atoms with Crippen molar-refractivity contribution in [1.82, 2.24) is 10.6 Å². The number of hydrogen-bond donors (Lipinski definition) is 2. The lowest BCUT2D eigenvalue weighted by molar-refractivity contribution is -0.118. The first-order chi connectivity index (χ1) is 11.5. The van der Waals surface area contributed by atoms with Crippen LogP contribution in [0.1, 0.15) is 69.8 Å². The molecule has 4 nitrogen and oxygen atoms in total. The zero-order valence-electron chi connectivity index (χ0n) is 16.0. The van der Waals surface area contributed by atoms with Crippen LogP contribution < -0.4 is 10.6 Å². The summed E-state index contributed by atoms with van der Waals surface area (Å²) in [5, 5.41) is 6.01. The van der Waals surface area contributed by atoms with Gasteiger partial charge in [-0.2, -0.15) is 0 Å². The molecule has 0 aromatic heterocycles. The number of hydrogen-bond acceptors (Lipinski definition) is 2. The van der Waals surface area contributed by atoms with Crippen molar-refractivity contribution in [3.8, 4) is 0 Å². The van der Waals surface area contributed by atoms with E-state index >= 15 is 0 Å². The van der Waals surface area contributed by atoms with Crippen molar-refractivity contribution in [2.45, 2.75) is 65.5 Å². The number of nitrogens with one attached hydrogen (secondary N) is 2. The molecule has 0 saturated heterocycles. The first-order valence-corrected chi connectivity index (χ1v) is 8.95. The Balaban J connectivity index is 1.89. The van der Waals surface area contributed by atoms with Gasteiger partial charge in [-0.3, -0.25) is 9.59 Å². The Bertz CT molecular complexity index is 647. The molecule has 1 aliphatic carbocycles. The molecule has 1 aliphatic rings. The van der Waals surface area contributed by atoms with E-state index in [2.05, 4.69) is 31.4 Å². The van der Waals surface area contributed by atoms with Crippen LogP contribution in [0.2, 0.25) is 0 Å². The van der Waals surface area contributed by atoms with E-state index in [1.807, 2.05) is 26.0 Å². The van der Waals surface area contributed by atoms with Gasteiger partial charge < -0.3 is 10.6 Å². The van der Waals surface area contributed by atoms with Crippen LogP contribution in [0.25, 0.3) is 6.08 Å². The first kappa shape index (κ1) is 19.2. The van der Waals surface area contributed by atoms with E-state index in [0.717, 1.165) is 24.8 Å². The first-order valence-electron chi connectivity index (χ1n) is 8.95. The van der Waals surface area contributed by atoms with Gasteiger partial charge in [-0.1, -0.05) is 32.9 Å². The van der Waals surface area contributed by atoms with Crippen LogP contribution >= 0.6 is 0 Å². The van der Waals surface area contributed by atoms with Gasteiger partial charge in [-0.25, -0.2) is 0 Å². The predicted octanol–water partition coefficient (Wildman–Crippen LogP) is 3.92. The molecule has 0 aliphatic heterocycles.